The van der Waals surface area contributed by atoms with Crippen molar-refractivity contribution in [2.75, 3.05) is 30.7 Å². The van der Waals surface area contributed by atoms with Crippen LogP contribution in [0.25, 0.3) is 16.9 Å². The van der Waals surface area contributed by atoms with Crippen LogP contribution in [-0.2, 0) is 4.74 Å². The molecule has 6 rings (SSSR count). The zero-order chi connectivity index (χ0) is 21.5. The summed E-state index contributed by atoms with van der Waals surface area (Å²) in [7, 11) is 0. The van der Waals surface area contributed by atoms with E-state index in [-0.39, 0.29) is 6.10 Å². The highest BCUT2D eigenvalue weighted by molar-refractivity contribution is 5.76. The number of morpholine rings is 1. The summed E-state index contributed by atoms with van der Waals surface area (Å²) in [5, 5.41) is 6.69. The van der Waals surface area contributed by atoms with Crippen molar-refractivity contribution < 1.29 is 4.74 Å². The normalized spacial score (nSPS) is 18.7. The zero-order valence-corrected chi connectivity index (χ0v) is 17.7. The van der Waals surface area contributed by atoms with Crippen LogP contribution in [0.15, 0.2) is 54.7 Å². The second-order valence-electron chi connectivity index (χ2n) is 8.39. The van der Waals surface area contributed by atoms with Crippen molar-refractivity contribution >= 4 is 28.5 Å². The van der Waals surface area contributed by atoms with Crippen molar-refractivity contribution in [3.63, 3.8) is 0 Å². The molecule has 2 fully saturated rings. The van der Waals surface area contributed by atoms with E-state index in [9.17, 15) is 0 Å². The smallest absolute Gasteiger partial charge is 0.229 e. The van der Waals surface area contributed by atoms with E-state index >= 15 is 0 Å². The summed E-state index contributed by atoms with van der Waals surface area (Å²) in [6, 6.07) is 16.1. The summed E-state index contributed by atoms with van der Waals surface area (Å²) in [5.74, 6) is 2.03. The average Bonchev–Trinajstić information content (AvgIpc) is 3.60. The molecule has 3 heterocycles. The summed E-state index contributed by atoms with van der Waals surface area (Å²) in [5.41, 5.74) is 11.4. The van der Waals surface area contributed by atoms with Gasteiger partial charge in [0.25, 0.3) is 0 Å². The van der Waals surface area contributed by atoms with Gasteiger partial charge in [-0.25, -0.2) is 9.97 Å². The van der Waals surface area contributed by atoms with E-state index in [0.717, 1.165) is 72.2 Å². The largest absolute Gasteiger partial charge is 0.399 e. The predicted molar refractivity (Wildman–Crippen MR) is 124 cm³/mol. The Hall–Kier alpha value is -3.49. The number of fused-ring (bicyclic) bond motifs is 1. The highest BCUT2D eigenvalue weighted by Gasteiger charge is 2.31. The number of imidazole rings is 1. The Morgan fingerprint density at radius 2 is 1.97 bits per heavy atom. The zero-order valence-electron chi connectivity index (χ0n) is 17.7. The monoisotopic (exact) mass is 427 g/mol. The highest BCUT2D eigenvalue weighted by atomic mass is 16.5. The molecule has 1 saturated carbocycles. The summed E-state index contributed by atoms with van der Waals surface area (Å²) >= 11 is 0. The van der Waals surface area contributed by atoms with Crippen LogP contribution in [0.3, 0.4) is 0 Å². The molecule has 8 nitrogen and oxygen atoms in total. The van der Waals surface area contributed by atoms with Gasteiger partial charge in [0.1, 0.15) is 11.3 Å². The standard InChI is InChI=1S/C24H25N7O/c25-17-2-1-3-19(12-17)31-22(16-4-5-16)29-20-13-27-24(30-23(20)31)28-18-8-6-15(7-9-18)21-14-26-10-11-32-21/h1-3,6-9,12-13,16,21,26H,4-5,10-11,14,25H2,(H,27,28,30). The molecular formula is C24H25N7O. The van der Waals surface area contributed by atoms with E-state index in [2.05, 4.69) is 32.3 Å². The Kier molecular flexibility index (Phi) is 4.74. The van der Waals surface area contributed by atoms with Gasteiger partial charge in [0.15, 0.2) is 5.65 Å². The second-order valence-corrected chi connectivity index (χ2v) is 8.39. The number of rotatable bonds is 5. The van der Waals surface area contributed by atoms with Gasteiger partial charge in [0.2, 0.25) is 5.95 Å². The molecular weight excluding hydrogens is 402 g/mol. The van der Waals surface area contributed by atoms with Gasteiger partial charge in [-0.05, 0) is 48.7 Å². The molecule has 1 unspecified atom stereocenters. The molecule has 2 aromatic heterocycles. The molecule has 1 atom stereocenters. The first kappa shape index (κ1) is 19.2. The van der Waals surface area contributed by atoms with E-state index in [0.29, 0.717) is 11.9 Å². The van der Waals surface area contributed by atoms with E-state index < -0.39 is 0 Å². The Bertz CT molecular complexity index is 1260. The number of aromatic nitrogens is 4. The number of nitrogen functional groups attached to an aromatic ring is 1. The molecule has 0 amide bonds. The molecule has 1 saturated heterocycles. The summed E-state index contributed by atoms with van der Waals surface area (Å²) in [4.78, 5) is 14.2. The van der Waals surface area contributed by atoms with Crippen molar-refractivity contribution in [3.8, 4) is 5.69 Å². The van der Waals surface area contributed by atoms with Crippen LogP contribution in [0.5, 0.6) is 0 Å². The molecule has 162 valence electrons. The molecule has 1 aliphatic heterocycles. The lowest BCUT2D eigenvalue weighted by molar-refractivity contribution is 0.0277. The molecule has 2 aromatic carbocycles. The first-order valence-corrected chi connectivity index (χ1v) is 11.1. The molecule has 32 heavy (non-hydrogen) atoms. The van der Waals surface area contributed by atoms with Crippen molar-refractivity contribution in [1.29, 1.82) is 0 Å². The molecule has 4 N–H and O–H groups in total. The minimum absolute atomic E-state index is 0.0962. The van der Waals surface area contributed by atoms with Crippen molar-refractivity contribution in [2.45, 2.75) is 24.9 Å². The number of benzene rings is 2. The first-order chi connectivity index (χ1) is 15.7. The molecule has 2 aliphatic rings. The van der Waals surface area contributed by atoms with E-state index in [4.69, 9.17) is 20.4 Å². The minimum atomic E-state index is 0.0962. The summed E-state index contributed by atoms with van der Waals surface area (Å²) in [6.07, 6.45) is 4.18. The topological polar surface area (TPSA) is 103 Å². The predicted octanol–water partition coefficient (Wildman–Crippen LogP) is 3.68. The molecule has 0 spiro atoms. The molecule has 8 heteroatoms. The fourth-order valence-corrected chi connectivity index (χ4v) is 4.18. The van der Waals surface area contributed by atoms with Crippen molar-refractivity contribution in [3.05, 3.63) is 66.1 Å². The summed E-state index contributed by atoms with van der Waals surface area (Å²) in [6.45, 7) is 2.48. The average molecular weight is 428 g/mol. The fraction of sp³-hybridized carbons (Fsp3) is 0.292. The fourth-order valence-electron chi connectivity index (χ4n) is 4.18. The lowest BCUT2D eigenvalue weighted by Crippen LogP contribution is -2.33. The summed E-state index contributed by atoms with van der Waals surface area (Å²) < 4.78 is 7.95. The molecule has 1 aliphatic carbocycles. The SMILES string of the molecule is Nc1cccc(-n2c(C3CC3)nc3cnc(Nc4ccc(C5CNCCO5)cc4)nc32)c1. The maximum absolute atomic E-state index is 6.06. The van der Waals surface area contributed by atoms with Gasteiger partial charge in [-0.15, -0.1) is 0 Å². The third kappa shape index (κ3) is 3.68. The number of hydrogen-bond donors (Lipinski definition) is 3. The van der Waals surface area contributed by atoms with Crippen LogP contribution in [0.4, 0.5) is 17.3 Å². The van der Waals surface area contributed by atoms with Crippen LogP contribution in [0.2, 0.25) is 0 Å². The van der Waals surface area contributed by atoms with Crippen molar-refractivity contribution in [1.82, 2.24) is 24.8 Å². The van der Waals surface area contributed by atoms with Crippen LogP contribution < -0.4 is 16.4 Å². The number of hydrogen-bond acceptors (Lipinski definition) is 7. The Morgan fingerprint density at radius 3 is 2.72 bits per heavy atom. The van der Waals surface area contributed by atoms with Crippen LogP contribution in [0.1, 0.15) is 36.3 Å². The van der Waals surface area contributed by atoms with Crippen molar-refractivity contribution in [2.24, 2.45) is 0 Å². The van der Waals surface area contributed by atoms with Gasteiger partial charge >= 0.3 is 0 Å². The van der Waals surface area contributed by atoms with Crippen LogP contribution in [-0.4, -0.2) is 39.2 Å². The maximum atomic E-state index is 6.06. The highest BCUT2D eigenvalue weighted by Crippen LogP contribution is 2.41. The Labute approximate surface area is 185 Å². The minimum Gasteiger partial charge on any atom is -0.399 e. The third-order valence-corrected chi connectivity index (χ3v) is 5.96. The van der Waals surface area contributed by atoms with Gasteiger partial charge in [-0.2, -0.15) is 4.98 Å². The van der Waals surface area contributed by atoms with Gasteiger partial charge in [0, 0.05) is 30.4 Å². The number of nitrogens with two attached hydrogens (primary N) is 1. The van der Waals surface area contributed by atoms with Gasteiger partial charge in [0.05, 0.1) is 24.6 Å². The van der Waals surface area contributed by atoms with E-state index in [1.54, 1.807) is 6.20 Å². The lowest BCUT2D eigenvalue weighted by Gasteiger charge is -2.24. The van der Waals surface area contributed by atoms with Crippen LogP contribution in [0, 0.1) is 0 Å². The number of nitrogens with one attached hydrogen (secondary N) is 2. The van der Waals surface area contributed by atoms with Crippen LogP contribution >= 0.6 is 0 Å². The first-order valence-electron chi connectivity index (χ1n) is 11.1. The Morgan fingerprint density at radius 1 is 1.09 bits per heavy atom. The second kappa shape index (κ2) is 7.89. The van der Waals surface area contributed by atoms with Gasteiger partial charge in [-0.3, -0.25) is 4.57 Å². The number of nitrogens with zero attached hydrogens (tertiary/aromatic N) is 4. The third-order valence-electron chi connectivity index (χ3n) is 5.96. The van der Waals surface area contributed by atoms with E-state index in [1.807, 2.05) is 36.4 Å². The Balaban J connectivity index is 1.32. The maximum Gasteiger partial charge on any atom is 0.229 e. The van der Waals surface area contributed by atoms with Gasteiger partial charge in [-0.1, -0.05) is 18.2 Å². The number of ether oxygens (including phenoxy) is 1. The number of anilines is 3. The molecule has 4 aromatic rings. The molecule has 0 radical (unpaired) electrons. The quantitative estimate of drug-likeness (QED) is 0.418. The van der Waals surface area contributed by atoms with E-state index in [1.165, 1.54) is 0 Å². The van der Waals surface area contributed by atoms with Gasteiger partial charge < -0.3 is 21.1 Å². The lowest BCUT2D eigenvalue weighted by atomic mass is 10.1. The molecule has 0 bridgehead atoms.